The highest BCUT2D eigenvalue weighted by molar-refractivity contribution is 5.66. The molecule has 0 aliphatic rings. The summed E-state index contributed by atoms with van der Waals surface area (Å²) in [6.07, 6.45) is -2.28. The molecule has 0 aromatic heterocycles. The third-order valence-electron chi connectivity index (χ3n) is 2.22. The molecule has 0 aliphatic carbocycles. The second-order valence-corrected chi connectivity index (χ2v) is 3.69. The molecule has 0 unspecified atom stereocenters. The zero-order valence-corrected chi connectivity index (χ0v) is 9.39. The van der Waals surface area contributed by atoms with Gasteiger partial charge in [0.15, 0.2) is 0 Å². The van der Waals surface area contributed by atoms with E-state index in [0.29, 0.717) is 32.4 Å². The molecule has 6 heteroatoms. The standard InChI is InChI=1S/C10H18F3NO2/c1-2-14(8-10(11,12)13)7-5-3-4-6-9(15)16/h2-8H2,1H3,(H,15,16). The number of carboxylic acids is 1. The van der Waals surface area contributed by atoms with Crippen LogP contribution in [0.5, 0.6) is 0 Å². The average molecular weight is 241 g/mol. The molecule has 0 spiro atoms. The van der Waals surface area contributed by atoms with Crippen molar-refractivity contribution in [1.82, 2.24) is 4.90 Å². The van der Waals surface area contributed by atoms with E-state index >= 15 is 0 Å². The number of carbonyl (C=O) groups is 1. The lowest BCUT2D eigenvalue weighted by Crippen LogP contribution is -2.34. The van der Waals surface area contributed by atoms with Crippen molar-refractivity contribution in [1.29, 1.82) is 0 Å². The number of hydrogen-bond donors (Lipinski definition) is 1. The maximum Gasteiger partial charge on any atom is 0.401 e. The van der Waals surface area contributed by atoms with Crippen LogP contribution in [0.25, 0.3) is 0 Å². The van der Waals surface area contributed by atoms with E-state index < -0.39 is 18.7 Å². The zero-order chi connectivity index (χ0) is 12.6. The van der Waals surface area contributed by atoms with Crippen molar-refractivity contribution in [3.8, 4) is 0 Å². The molecule has 0 heterocycles. The van der Waals surface area contributed by atoms with Crippen molar-refractivity contribution in [3.63, 3.8) is 0 Å². The van der Waals surface area contributed by atoms with E-state index in [1.165, 1.54) is 4.90 Å². The van der Waals surface area contributed by atoms with E-state index in [-0.39, 0.29) is 6.42 Å². The Morgan fingerprint density at radius 1 is 1.25 bits per heavy atom. The van der Waals surface area contributed by atoms with Crippen LogP contribution in [0.4, 0.5) is 13.2 Å². The van der Waals surface area contributed by atoms with Gasteiger partial charge in [-0.1, -0.05) is 13.3 Å². The predicted octanol–water partition coefficient (Wildman–Crippen LogP) is 2.52. The number of alkyl halides is 3. The van der Waals surface area contributed by atoms with Crippen molar-refractivity contribution in [2.75, 3.05) is 19.6 Å². The molecule has 0 saturated heterocycles. The molecule has 0 radical (unpaired) electrons. The van der Waals surface area contributed by atoms with Gasteiger partial charge < -0.3 is 5.11 Å². The van der Waals surface area contributed by atoms with Crippen LogP contribution in [0, 0.1) is 0 Å². The molecule has 0 aromatic carbocycles. The molecule has 1 N–H and O–H groups in total. The maximum absolute atomic E-state index is 12.1. The Labute approximate surface area is 93.2 Å². The summed E-state index contributed by atoms with van der Waals surface area (Å²) < 4.78 is 36.2. The maximum atomic E-state index is 12.1. The van der Waals surface area contributed by atoms with Crippen LogP contribution in [0.3, 0.4) is 0 Å². The van der Waals surface area contributed by atoms with Crippen molar-refractivity contribution in [2.24, 2.45) is 0 Å². The summed E-state index contributed by atoms with van der Waals surface area (Å²) in [6.45, 7) is 1.53. The third-order valence-corrected chi connectivity index (χ3v) is 2.22. The smallest absolute Gasteiger partial charge is 0.401 e. The van der Waals surface area contributed by atoms with E-state index in [9.17, 15) is 18.0 Å². The lowest BCUT2D eigenvalue weighted by molar-refractivity contribution is -0.145. The fraction of sp³-hybridized carbons (Fsp3) is 0.900. The van der Waals surface area contributed by atoms with Crippen LogP contribution in [-0.2, 0) is 4.79 Å². The Bertz CT molecular complexity index is 207. The summed E-state index contributed by atoms with van der Waals surface area (Å²) in [7, 11) is 0. The van der Waals surface area contributed by atoms with Gasteiger partial charge in [-0.25, -0.2) is 0 Å². The van der Waals surface area contributed by atoms with E-state index in [1.807, 2.05) is 0 Å². The largest absolute Gasteiger partial charge is 0.481 e. The van der Waals surface area contributed by atoms with Crippen LogP contribution in [0.1, 0.15) is 32.6 Å². The molecule has 0 saturated carbocycles. The van der Waals surface area contributed by atoms with Crippen molar-refractivity contribution in [3.05, 3.63) is 0 Å². The molecule has 0 aromatic rings. The molecular formula is C10H18F3NO2. The third kappa shape index (κ3) is 9.76. The highest BCUT2D eigenvalue weighted by atomic mass is 19.4. The number of unbranched alkanes of at least 4 members (excludes halogenated alkanes) is 2. The highest BCUT2D eigenvalue weighted by Gasteiger charge is 2.29. The first-order chi connectivity index (χ1) is 7.35. The van der Waals surface area contributed by atoms with Crippen molar-refractivity contribution in [2.45, 2.75) is 38.8 Å². The SMILES string of the molecule is CCN(CCCCCC(=O)O)CC(F)(F)F. The zero-order valence-electron chi connectivity index (χ0n) is 9.39. The van der Waals surface area contributed by atoms with Gasteiger partial charge in [0, 0.05) is 6.42 Å². The highest BCUT2D eigenvalue weighted by Crippen LogP contribution is 2.16. The van der Waals surface area contributed by atoms with E-state index in [0.717, 1.165) is 0 Å². The van der Waals surface area contributed by atoms with Gasteiger partial charge in [0.2, 0.25) is 0 Å². The molecule has 0 aliphatic heterocycles. The Kier molecular flexibility index (Phi) is 7.12. The summed E-state index contributed by atoms with van der Waals surface area (Å²) in [6, 6.07) is 0. The minimum Gasteiger partial charge on any atom is -0.481 e. The minimum absolute atomic E-state index is 0.0887. The van der Waals surface area contributed by atoms with Gasteiger partial charge in [-0.15, -0.1) is 0 Å². The van der Waals surface area contributed by atoms with Gasteiger partial charge in [-0.3, -0.25) is 9.69 Å². The quantitative estimate of drug-likeness (QED) is 0.664. The Hall–Kier alpha value is -0.780. The van der Waals surface area contributed by atoms with Crippen molar-refractivity contribution >= 4 is 5.97 Å². The predicted molar refractivity (Wildman–Crippen MR) is 54.3 cm³/mol. The van der Waals surface area contributed by atoms with E-state index in [4.69, 9.17) is 5.11 Å². The molecule has 0 fully saturated rings. The molecule has 96 valence electrons. The normalized spacial score (nSPS) is 12.1. The van der Waals surface area contributed by atoms with Gasteiger partial charge >= 0.3 is 12.1 Å². The van der Waals surface area contributed by atoms with Crippen LogP contribution in [-0.4, -0.2) is 41.8 Å². The summed E-state index contributed by atoms with van der Waals surface area (Å²) in [5, 5.41) is 8.36. The minimum atomic E-state index is -4.16. The first kappa shape index (κ1) is 15.2. The van der Waals surface area contributed by atoms with Gasteiger partial charge in [-0.05, 0) is 25.9 Å². The molecule has 0 rings (SSSR count). The fourth-order valence-electron chi connectivity index (χ4n) is 1.39. The molecule has 16 heavy (non-hydrogen) atoms. The topological polar surface area (TPSA) is 40.5 Å². The Balaban J connectivity index is 3.60. The number of aliphatic carboxylic acids is 1. The molecule has 0 bridgehead atoms. The second kappa shape index (κ2) is 7.49. The van der Waals surface area contributed by atoms with Gasteiger partial charge in [0.1, 0.15) is 0 Å². The number of carboxylic acid groups (broad SMARTS) is 1. The lowest BCUT2D eigenvalue weighted by Gasteiger charge is -2.21. The Morgan fingerprint density at radius 3 is 2.31 bits per heavy atom. The van der Waals surface area contributed by atoms with Crippen LogP contribution in [0.15, 0.2) is 0 Å². The summed E-state index contributed by atoms with van der Waals surface area (Å²) >= 11 is 0. The monoisotopic (exact) mass is 241 g/mol. The summed E-state index contributed by atoms with van der Waals surface area (Å²) in [5.74, 6) is -0.859. The summed E-state index contributed by atoms with van der Waals surface area (Å²) in [5.41, 5.74) is 0. The number of nitrogens with zero attached hydrogens (tertiary/aromatic N) is 1. The number of rotatable bonds is 8. The summed E-state index contributed by atoms with van der Waals surface area (Å²) in [4.78, 5) is 11.5. The molecule has 3 nitrogen and oxygen atoms in total. The number of hydrogen-bond acceptors (Lipinski definition) is 2. The van der Waals surface area contributed by atoms with Crippen LogP contribution in [0.2, 0.25) is 0 Å². The Morgan fingerprint density at radius 2 is 1.88 bits per heavy atom. The van der Waals surface area contributed by atoms with Gasteiger partial charge in [0.05, 0.1) is 6.54 Å². The lowest BCUT2D eigenvalue weighted by atomic mass is 10.2. The molecule has 0 amide bonds. The number of halogens is 3. The van der Waals surface area contributed by atoms with E-state index in [2.05, 4.69) is 0 Å². The average Bonchev–Trinajstić information content (AvgIpc) is 2.13. The molecular weight excluding hydrogens is 223 g/mol. The van der Waals surface area contributed by atoms with E-state index in [1.54, 1.807) is 6.92 Å². The first-order valence-electron chi connectivity index (χ1n) is 5.36. The van der Waals surface area contributed by atoms with Crippen LogP contribution < -0.4 is 0 Å². The second-order valence-electron chi connectivity index (χ2n) is 3.69. The van der Waals surface area contributed by atoms with Crippen LogP contribution >= 0.6 is 0 Å². The van der Waals surface area contributed by atoms with Gasteiger partial charge in [-0.2, -0.15) is 13.2 Å². The molecule has 0 atom stereocenters. The van der Waals surface area contributed by atoms with Gasteiger partial charge in [0.25, 0.3) is 0 Å². The fourth-order valence-corrected chi connectivity index (χ4v) is 1.39. The van der Waals surface area contributed by atoms with Crippen molar-refractivity contribution < 1.29 is 23.1 Å². The first-order valence-corrected chi connectivity index (χ1v) is 5.36.